The first-order valence-corrected chi connectivity index (χ1v) is 11.7. The number of rotatable bonds is 5. The number of anilines is 1. The van der Waals surface area contributed by atoms with Crippen LogP contribution in [0.3, 0.4) is 0 Å². The summed E-state index contributed by atoms with van der Waals surface area (Å²) < 4.78 is 0. The van der Waals surface area contributed by atoms with E-state index in [1.807, 2.05) is 18.2 Å². The number of piperazine rings is 1. The minimum absolute atomic E-state index is 0.0657. The van der Waals surface area contributed by atoms with Crippen LogP contribution in [-0.4, -0.2) is 52.2 Å². The predicted octanol–water partition coefficient (Wildman–Crippen LogP) is 5.80. The quantitative estimate of drug-likeness (QED) is 0.433. The lowest BCUT2D eigenvalue weighted by Gasteiger charge is -2.40. The van der Waals surface area contributed by atoms with E-state index in [0.29, 0.717) is 10.8 Å². The number of carboxylic acid groups (broad SMARTS) is 1. The van der Waals surface area contributed by atoms with E-state index < -0.39 is 5.97 Å². The Morgan fingerprint density at radius 2 is 1.55 bits per heavy atom. The molecule has 0 bridgehead atoms. The fraction of sp³-hybridized carbons (Fsp3) is 0.200. The van der Waals surface area contributed by atoms with Crippen molar-refractivity contribution in [1.82, 2.24) is 9.80 Å². The average molecular weight is 500 g/mol. The van der Waals surface area contributed by atoms with Crippen LogP contribution in [0.2, 0.25) is 10.0 Å². The molecular weight excluding hydrogens is 477 g/mol. The standard InChI is InChI=1S/C25H23Cl2N3O2S/c26-19-8-6-18(7-9-19)23(17-4-2-1-3-5-17)29-12-14-30(15-13-29)25(33)28-20-10-11-21(24(31)32)22(27)16-20/h1-11,16,23H,12-15H2,(H,28,33)(H,31,32). The Balaban J connectivity index is 1.44. The molecule has 3 aromatic rings. The number of aromatic carboxylic acids is 1. The molecule has 0 aromatic heterocycles. The predicted molar refractivity (Wildman–Crippen MR) is 138 cm³/mol. The molecular formula is C25H23Cl2N3O2S. The molecule has 0 spiro atoms. The van der Waals surface area contributed by atoms with Crippen molar-refractivity contribution in [3.05, 3.63) is 99.5 Å². The first-order valence-electron chi connectivity index (χ1n) is 10.6. The molecule has 1 fully saturated rings. The van der Waals surface area contributed by atoms with Gasteiger partial charge in [0.15, 0.2) is 5.11 Å². The molecule has 0 aliphatic carbocycles. The highest BCUT2D eigenvalue weighted by Gasteiger charge is 2.27. The average Bonchev–Trinajstić information content (AvgIpc) is 2.81. The highest BCUT2D eigenvalue weighted by atomic mass is 35.5. The van der Waals surface area contributed by atoms with E-state index in [2.05, 4.69) is 51.5 Å². The lowest BCUT2D eigenvalue weighted by molar-refractivity contribution is 0.0697. The first-order chi connectivity index (χ1) is 15.9. The van der Waals surface area contributed by atoms with Gasteiger partial charge in [-0.25, -0.2) is 4.79 Å². The summed E-state index contributed by atoms with van der Waals surface area (Å²) in [5, 5.41) is 13.8. The Hall–Kier alpha value is -2.64. The summed E-state index contributed by atoms with van der Waals surface area (Å²) in [7, 11) is 0. The maximum Gasteiger partial charge on any atom is 0.337 e. The second-order valence-electron chi connectivity index (χ2n) is 7.82. The van der Waals surface area contributed by atoms with Gasteiger partial charge in [0, 0.05) is 36.9 Å². The zero-order valence-corrected chi connectivity index (χ0v) is 20.1. The van der Waals surface area contributed by atoms with Crippen molar-refractivity contribution in [2.75, 3.05) is 31.5 Å². The maximum atomic E-state index is 11.2. The molecule has 5 nitrogen and oxygen atoms in total. The molecule has 170 valence electrons. The monoisotopic (exact) mass is 499 g/mol. The summed E-state index contributed by atoms with van der Waals surface area (Å²) in [6.45, 7) is 3.21. The van der Waals surface area contributed by atoms with Crippen LogP contribution < -0.4 is 5.32 Å². The molecule has 0 saturated carbocycles. The fourth-order valence-electron chi connectivity index (χ4n) is 4.05. The molecule has 8 heteroatoms. The van der Waals surface area contributed by atoms with Crippen molar-refractivity contribution in [3.8, 4) is 0 Å². The molecule has 1 unspecified atom stereocenters. The van der Waals surface area contributed by atoms with Crippen LogP contribution in [0.4, 0.5) is 5.69 Å². The minimum atomic E-state index is -1.06. The third-order valence-corrected chi connectivity index (χ3v) is 6.64. The van der Waals surface area contributed by atoms with Crippen LogP contribution in [0.25, 0.3) is 0 Å². The first kappa shape index (κ1) is 23.5. The summed E-state index contributed by atoms with van der Waals surface area (Å²) in [6, 6.07) is 23.4. The molecule has 1 saturated heterocycles. The van der Waals surface area contributed by atoms with Gasteiger partial charge in [0.25, 0.3) is 0 Å². The van der Waals surface area contributed by atoms with Gasteiger partial charge in [-0.15, -0.1) is 0 Å². The molecule has 0 radical (unpaired) electrons. The second kappa shape index (κ2) is 10.5. The van der Waals surface area contributed by atoms with Crippen molar-refractivity contribution < 1.29 is 9.90 Å². The van der Waals surface area contributed by atoms with Crippen molar-refractivity contribution in [2.24, 2.45) is 0 Å². The SMILES string of the molecule is O=C(O)c1ccc(NC(=S)N2CCN(C(c3ccccc3)c3ccc(Cl)cc3)CC2)cc1Cl. The van der Waals surface area contributed by atoms with Gasteiger partial charge < -0.3 is 15.3 Å². The molecule has 0 amide bonds. The largest absolute Gasteiger partial charge is 0.478 e. The molecule has 1 aliphatic rings. The number of carbonyl (C=O) groups is 1. The molecule has 1 aliphatic heterocycles. The van der Waals surface area contributed by atoms with E-state index in [0.717, 1.165) is 31.2 Å². The van der Waals surface area contributed by atoms with Gasteiger partial charge in [-0.2, -0.15) is 0 Å². The highest BCUT2D eigenvalue weighted by Crippen LogP contribution is 2.30. The minimum Gasteiger partial charge on any atom is -0.478 e. The fourth-order valence-corrected chi connectivity index (χ4v) is 4.73. The van der Waals surface area contributed by atoms with Gasteiger partial charge in [-0.3, -0.25) is 4.90 Å². The maximum absolute atomic E-state index is 11.2. The molecule has 3 aromatic carbocycles. The molecule has 2 N–H and O–H groups in total. The summed E-state index contributed by atoms with van der Waals surface area (Å²) >= 11 is 17.8. The van der Waals surface area contributed by atoms with Gasteiger partial charge in [-0.1, -0.05) is 65.7 Å². The van der Waals surface area contributed by atoms with Gasteiger partial charge in [0.05, 0.1) is 16.6 Å². The molecule has 1 heterocycles. The summed E-state index contributed by atoms with van der Waals surface area (Å²) in [6.07, 6.45) is 0. The molecule has 4 rings (SSSR count). The topological polar surface area (TPSA) is 55.8 Å². The van der Waals surface area contributed by atoms with Crippen molar-refractivity contribution in [3.63, 3.8) is 0 Å². The third kappa shape index (κ3) is 5.65. The van der Waals surface area contributed by atoms with Gasteiger partial charge in [-0.05, 0) is 53.7 Å². The van der Waals surface area contributed by atoms with Gasteiger partial charge in [0.1, 0.15) is 0 Å². The zero-order chi connectivity index (χ0) is 23.4. The van der Waals surface area contributed by atoms with E-state index in [9.17, 15) is 4.79 Å². The second-order valence-corrected chi connectivity index (χ2v) is 9.05. The Kier molecular flexibility index (Phi) is 7.50. The number of carboxylic acids is 1. The number of nitrogens with one attached hydrogen (secondary N) is 1. The summed E-state index contributed by atoms with van der Waals surface area (Å²) in [5.74, 6) is -1.06. The summed E-state index contributed by atoms with van der Waals surface area (Å²) in [4.78, 5) is 15.7. The number of hydrogen-bond acceptors (Lipinski definition) is 3. The summed E-state index contributed by atoms with van der Waals surface area (Å²) in [5.41, 5.74) is 3.17. The Morgan fingerprint density at radius 1 is 0.909 bits per heavy atom. The van der Waals surface area contributed by atoms with Gasteiger partial charge in [0.2, 0.25) is 0 Å². The van der Waals surface area contributed by atoms with Crippen LogP contribution in [0.1, 0.15) is 27.5 Å². The van der Waals surface area contributed by atoms with E-state index >= 15 is 0 Å². The molecule has 33 heavy (non-hydrogen) atoms. The zero-order valence-electron chi connectivity index (χ0n) is 17.7. The van der Waals surface area contributed by atoms with Crippen LogP contribution in [0.5, 0.6) is 0 Å². The Morgan fingerprint density at radius 3 is 2.15 bits per heavy atom. The van der Waals surface area contributed by atoms with Gasteiger partial charge >= 0.3 is 5.97 Å². The number of thiocarbonyl (C=S) groups is 1. The van der Waals surface area contributed by atoms with Crippen molar-refractivity contribution in [1.29, 1.82) is 0 Å². The number of halogens is 2. The normalized spacial score (nSPS) is 15.2. The van der Waals surface area contributed by atoms with Crippen LogP contribution in [0.15, 0.2) is 72.8 Å². The van der Waals surface area contributed by atoms with Crippen molar-refractivity contribution >= 4 is 52.2 Å². The van der Waals surface area contributed by atoms with E-state index in [1.165, 1.54) is 17.2 Å². The van der Waals surface area contributed by atoms with Crippen LogP contribution in [-0.2, 0) is 0 Å². The lowest BCUT2D eigenvalue weighted by Crippen LogP contribution is -2.50. The Labute approximate surface area is 208 Å². The molecule has 1 atom stereocenters. The lowest BCUT2D eigenvalue weighted by atomic mass is 9.96. The third-order valence-electron chi connectivity index (χ3n) is 5.72. The van der Waals surface area contributed by atoms with E-state index in [1.54, 1.807) is 12.1 Å². The van der Waals surface area contributed by atoms with Crippen LogP contribution in [0, 0.1) is 0 Å². The highest BCUT2D eigenvalue weighted by molar-refractivity contribution is 7.80. The number of nitrogens with zero attached hydrogens (tertiary/aromatic N) is 2. The smallest absolute Gasteiger partial charge is 0.337 e. The van der Waals surface area contributed by atoms with Crippen molar-refractivity contribution in [2.45, 2.75) is 6.04 Å². The van der Waals surface area contributed by atoms with E-state index in [-0.39, 0.29) is 16.6 Å². The number of benzene rings is 3. The van der Waals surface area contributed by atoms with Crippen LogP contribution >= 0.6 is 35.4 Å². The number of hydrogen-bond donors (Lipinski definition) is 2. The van der Waals surface area contributed by atoms with E-state index in [4.69, 9.17) is 40.5 Å². The Bertz CT molecular complexity index is 1130.